The zero-order valence-electron chi connectivity index (χ0n) is 13.4. The first-order valence-corrected chi connectivity index (χ1v) is 7.70. The van der Waals surface area contributed by atoms with Crippen molar-refractivity contribution in [2.45, 2.75) is 19.3 Å². The number of unbranched alkanes of at least 4 members (excludes halogenated alkanes) is 1. The Hall–Kier alpha value is -2.40. The summed E-state index contributed by atoms with van der Waals surface area (Å²) < 4.78 is 16.0. The molecule has 3 aromatic rings. The van der Waals surface area contributed by atoms with Crippen LogP contribution in [0.5, 0.6) is 5.75 Å². The third kappa shape index (κ3) is 3.68. The van der Waals surface area contributed by atoms with E-state index in [0.717, 1.165) is 48.4 Å². The molecule has 5 nitrogen and oxygen atoms in total. The molecule has 0 spiro atoms. The maximum atomic E-state index is 5.81. The normalized spacial score (nSPS) is 11.0. The molecule has 2 heterocycles. The fourth-order valence-corrected chi connectivity index (χ4v) is 2.40. The van der Waals surface area contributed by atoms with Crippen molar-refractivity contribution in [1.29, 1.82) is 0 Å². The van der Waals surface area contributed by atoms with Crippen LogP contribution in [0.25, 0.3) is 22.7 Å². The molecule has 0 radical (unpaired) electrons. The van der Waals surface area contributed by atoms with Crippen LogP contribution in [-0.2, 0) is 11.2 Å². The molecule has 23 heavy (non-hydrogen) atoms. The Labute approximate surface area is 135 Å². The molecule has 2 aromatic heterocycles. The summed E-state index contributed by atoms with van der Waals surface area (Å²) in [5, 5.41) is 0. The lowest BCUT2D eigenvalue weighted by molar-refractivity contribution is 0.193. The van der Waals surface area contributed by atoms with E-state index in [2.05, 4.69) is 9.97 Å². The molecule has 0 amide bonds. The number of rotatable bonds is 7. The minimum Gasteiger partial charge on any atom is -0.497 e. The Bertz CT molecular complexity index is 766. The highest BCUT2D eigenvalue weighted by atomic mass is 16.5. The highest BCUT2D eigenvalue weighted by Gasteiger charge is 2.10. The summed E-state index contributed by atoms with van der Waals surface area (Å²) in [5.41, 5.74) is 3.29. The molecule has 0 atom stereocenters. The van der Waals surface area contributed by atoms with Crippen molar-refractivity contribution in [3.05, 3.63) is 42.1 Å². The van der Waals surface area contributed by atoms with Crippen LogP contribution in [0, 0.1) is 0 Å². The summed E-state index contributed by atoms with van der Waals surface area (Å²) in [6.07, 6.45) is 2.99. The number of nitrogens with zero attached hydrogens (tertiary/aromatic N) is 2. The van der Waals surface area contributed by atoms with E-state index in [1.807, 2.05) is 36.4 Å². The van der Waals surface area contributed by atoms with E-state index in [-0.39, 0.29) is 0 Å². The number of fused-ring (bicyclic) bond motifs is 1. The first kappa shape index (κ1) is 15.5. The highest BCUT2D eigenvalue weighted by molar-refractivity contribution is 5.72. The fourth-order valence-electron chi connectivity index (χ4n) is 2.40. The smallest absolute Gasteiger partial charge is 0.247 e. The summed E-state index contributed by atoms with van der Waals surface area (Å²) in [6.45, 7) is 0.784. The van der Waals surface area contributed by atoms with Crippen molar-refractivity contribution >= 4 is 11.2 Å². The van der Waals surface area contributed by atoms with Gasteiger partial charge in [-0.3, -0.25) is 0 Å². The van der Waals surface area contributed by atoms with Crippen molar-refractivity contribution in [3.8, 4) is 17.2 Å². The molecule has 3 rings (SSSR count). The molecular formula is C18H20N2O3. The van der Waals surface area contributed by atoms with E-state index in [1.165, 1.54) is 0 Å². The zero-order valence-corrected chi connectivity index (χ0v) is 13.4. The van der Waals surface area contributed by atoms with Crippen LogP contribution < -0.4 is 4.74 Å². The number of aryl methyl sites for hydroxylation is 1. The fraction of sp³-hybridized carbons (Fsp3) is 0.333. The Morgan fingerprint density at radius 2 is 1.78 bits per heavy atom. The van der Waals surface area contributed by atoms with Gasteiger partial charge in [0.05, 0.1) is 7.11 Å². The molecule has 0 N–H and O–H groups in total. The standard InChI is InChI=1S/C18H20N2O3/c1-21-12-4-3-5-14-8-11-16-18(19-14)23-17(20-16)13-6-9-15(22-2)10-7-13/h6-11H,3-5,12H2,1-2H3. The minimum atomic E-state index is 0.576. The SMILES string of the molecule is COCCCCc1ccc2nc(-c3ccc(OC)cc3)oc2n1. The van der Waals surface area contributed by atoms with Crippen LogP contribution in [0.4, 0.5) is 0 Å². The lowest BCUT2D eigenvalue weighted by atomic mass is 10.2. The van der Waals surface area contributed by atoms with Crippen LogP contribution >= 0.6 is 0 Å². The molecule has 0 fully saturated rings. The second kappa shape index (κ2) is 7.24. The van der Waals surface area contributed by atoms with Gasteiger partial charge in [-0.15, -0.1) is 0 Å². The number of hydrogen-bond acceptors (Lipinski definition) is 5. The van der Waals surface area contributed by atoms with Gasteiger partial charge in [0, 0.05) is 25.0 Å². The van der Waals surface area contributed by atoms with Gasteiger partial charge >= 0.3 is 0 Å². The third-order valence-corrected chi connectivity index (χ3v) is 3.68. The number of aromatic nitrogens is 2. The van der Waals surface area contributed by atoms with Gasteiger partial charge in [0.1, 0.15) is 11.3 Å². The lowest BCUT2D eigenvalue weighted by Crippen LogP contribution is -1.93. The molecule has 0 unspecified atom stereocenters. The van der Waals surface area contributed by atoms with Crippen LogP contribution in [0.1, 0.15) is 18.5 Å². The van der Waals surface area contributed by atoms with E-state index in [4.69, 9.17) is 13.9 Å². The maximum absolute atomic E-state index is 5.81. The number of ether oxygens (including phenoxy) is 2. The van der Waals surface area contributed by atoms with Gasteiger partial charge in [-0.05, 0) is 55.7 Å². The minimum absolute atomic E-state index is 0.576. The van der Waals surface area contributed by atoms with Gasteiger partial charge in [0.2, 0.25) is 11.6 Å². The Balaban J connectivity index is 1.78. The van der Waals surface area contributed by atoms with Crippen molar-refractivity contribution < 1.29 is 13.9 Å². The topological polar surface area (TPSA) is 57.4 Å². The van der Waals surface area contributed by atoms with Crippen LogP contribution in [0.3, 0.4) is 0 Å². The first-order chi connectivity index (χ1) is 11.3. The van der Waals surface area contributed by atoms with Gasteiger partial charge in [-0.2, -0.15) is 0 Å². The van der Waals surface area contributed by atoms with Crippen molar-refractivity contribution in [3.63, 3.8) is 0 Å². The average molecular weight is 312 g/mol. The molecular weight excluding hydrogens is 292 g/mol. The summed E-state index contributed by atoms with van der Waals surface area (Å²) >= 11 is 0. The first-order valence-electron chi connectivity index (χ1n) is 7.70. The molecule has 0 saturated carbocycles. The Morgan fingerprint density at radius 3 is 2.52 bits per heavy atom. The molecule has 0 bridgehead atoms. The molecule has 1 aromatic carbocycles. The third-order valence-electron chi connectivity index (χ3n) is 3.68. The van der Waals surface area contributed by atoms with Gasteiger partial charge in [-0.25, -0.2) is 9.97 Å². The van der Waals surface area contributed by atoms with Gasteiger partial charge in [0.15, 0.2) is 0 Å². The summed E-state index contributed by atoms with van der Waals surface area (Å²) in [6, 6.07) is 11.6. The van der Waals surface area contributed by atoms with Crippen LogP contribution in [0.2, 0.25) is 0 Å². The maximum Gasteiger partial charge on any atom is 0.247 e. The van der Waals surface area contributed by atoms with E-state index >= 15 is 0 Å². The molecule has 0 aliphatic carbocycles. The second-order valence-electron chi connectivity index (χ2n) is 5.32. The Morgan fingerprint density at radius 1 is 0.957 bits per heavy atom. The predicted octanol–water partition coefficient (Wildman–Crippen LogP) is 3.87. The van der Waals surface area contributed by atoms with Gasteiger partial charge in [-0.1, -0.05) is 0 Å². The van der Waals surface area contributed by atoms with Gasteiger partial charge < -0.3 is 13.9 Å². The van der Waals surface area contributed by atoms with Crippen molar-refractivity contribution in [1.82, 2.24) is 9.97 Å². The van der Waals surface area contributed by atoms with E-state index < -0.39 is 0 Å². The van der Waals surface area contributed by atoms with Crippen molar-refractivity contribution in [2.24, 2.45) is 0 Å². The number of oxazole rings is 1. The monoisotopic (exact) mass is 312 g/mol. The Kier molecular flexibility index (Phi) is 4.88. The quantitative estimate of drug-likeness (QED) is 0.620. The van der Waals surface area contributed by atoms with Crippen molar-refractivity contribution in [2.75, 3.05) is 20.8 Å². The molecule has 5 heteroatoms. The van der Waals surface area contributed by atoms with Crippen LogP contribution in [0.15, 0.2) is 40.8 Å². The highest BCUT2D eigenvalue weighted by Crippen LogP contribution is 2.25. The zero-order chi connectivity index (χ0) is 16.1. The predicted molar refractivity (Wildman–Crippen MR) is 88.6 cm³/mol. The molecule has 0 aliphatic heterocycles. The molecule has 120 valence electrons. The number of hydrogen-bond donors (Lipinski definition) is 0. The largest absolute Gasteiger partial charge is 0.497 e. The molecule has 0 saturated heterocycles. The number of benzene rings is 1. The van der Waals surface area contributed by atoms with Crippen LogP contribution in [-0.4, -0.2) is 30.8 Å². The lowest BCUT2D eigenvalue weighted by Gasteiger charge is -2.00. The van der Waals surface area contributed by atoms with E-state index in [1.54, 1.807) is 14.2 Å². The summed E-state index contributed by atoms with van der Waals surface area (Å²) in [7, 11) is 3.37. The average Bonchev–Trinajstić information content (AvgIpc) is 3.02. The summed E-state index contributed by atoms with van der Waals surface area (Å²) in [5.74, 6) is 1.38. The number of methoxy groups -OCH3 is 2. The van der Waals surface area contributed by atoms with E-state index in [0.29, 0.717) is 11.6 Å². The second-order valence-corrected chi connectivity index (χ2v) is 5.32. The summed E-state index contributed by atoms with van der Waals surface area (Å²) in [4.78, 5) is 9.06. The number of pyridine rings is 1. The van der Waals surface area contributed by atoms with E-state index in [9.17, 15) is 0 Å². The van der Waals surface area contributed by atoms with Gasteiger partial charge in [0.25, 0.3) is 0 Å². The molecule has 0 aliphatic rings.